The third-order valence-corrected chi connectivity index (χ3v) is 1.66. The molecule has 0 amide bonds. The van der Waals surface area contributed by atoms with Crippen molar-refractivity contribution in [2.75, 3.05) is 6.61 Å². The van der Waals surface area contributed by atoms with Crippen LogP contribution in [-0.2, 0) is 14.3 Å². The SMILES string of the molecule is O=CCOC(C(=O)O)c1ccccc1. The number of hydrogen-bond acceptors (Lipinski definition) is 3. The van der Waals surface area contributed by atoms with Crippen LogP contribution in [0.2, 0.25) is 0 Å². The third-order valence-electron chi connectivity index (χ3n) is 1.66. The molecule has 0 radical (unpaired) electrons. The molecule has 0 spiro atoms. The van der Waals surface area contributed by atoms with E-state index in [2.05, 4.69) is 0 Å². The summed E-state index contributed by atoms with van der Waals surface area (Å²) in [5.74, 6) is -1.10. The Kier molecular flexibility index (Phi) is 3.82. The fourth-order valence-corrected chi connectivity index (χ4v) is 1.07. The van der Waals surface area contributed by atoms with Crippen LogP contribution in [0.1, 0.15) is 11.7 Å². The molecular weight excluding hydrogens is 184 g/mol. The summed E-state index contributed by atoms with van der Waals surface area (Å²) in [4.78, 5) is 20.8. The van der Waals surface area contributed by atoms with Crippen LogP contribution >= 0.6 is 0 Å². The first kappa shape index (κ1) is 10.4. The monoisotopic (exact) mass is 194 g/mol. The van der Waals surface area contributed by atoms with Crippen molar-refractivity contribution in [3.63, 3.8) is 0 Å². The van der Waals surface area contributed by atoms with Crippen molar-refractivity contribution in [3.05, 3.63) is 35.9 Å². The summed E-state index contributed by atoms with van der Waals surface area (Å²) in [5, 5.41) is 8.81. The predicted octanol–water partition coefficient (Wildman–Crippen LogP) is 1.03. The lowest BCUT2D eigenvalue weighted by molar-refractivity contribution is -0.151. The van der Waals surface area contributed by atoms with E-state index in [0.29, 0.717) is 11.8 Å². The third kappa shape index (κ3) is 2.67. The van der Waals surface area contributed by atoms with E-state index in [0.717, 1.165) is 0 Å². The van der Waals surface area contributed by atoms with Gasteiger partial charge in [0.1, 0.15) is 12.9 Å². The molecule has 0 aliphatic rings. The zero-order valence-electron chi connectivity index (χ0n) is 7.42. The van der Waals surface area contributed by atoms with Gasteiger partial charge in [0.25, 0.3) is 0 Å². The Balaban J connectivity index is 2.78. The molecule has 0 saturated heterocycles. The molecule has 4 heteroatoms. The normalized spacial score (nSPS) is 12.0. The molecule has 0 saturated carbocycles. The number of ether oxygens (including phenoxy) is 1. The summed E-state index contributed by atoms with van der Waals surface area (Å²) in [6.45, 7) is -0.216. The van der Waals surface area contributed by atoms with E-state index in [1.165, 1.54) is 0 Å². The van der Waals surface area contributed by atoms with Crippen LogP contribution in [0.5, 0.6) is 0 Å². The molecule has 0 aliphatic heterocycles. The largest absolute Gasteiger partial charge is 0.479 e. The highest BCUT2D eigenvalue weighted by Gasteiger charge is 2.19. The Morgan fingerprint density at radius 2 is 2.07 bits per heavy atom. The topological polar surface area (TPSA) is 63.6 Å². The second kappa shape index (κ2) is 5.14. The van der Waals surface area contributed by atoms with E-state index < -0.39 is 12.1 Å². The Bertz CT molecular complexity index is 307. The van der Waals surface area contributed by atoms with Crippen LogP contribution in [0, 0.1) is 0 Å². The fraction of sp³-hybridized carbons (Fsp3) is 0.200. The smallest absolute Gasteiger partial charge is 0.337 e. The van der Waals surface area contributed by atoms with Crippen molar-refractivity contribution in [3.8, 4) is 0 Å². The molecule has 1 aromatic carbocycles. The summed E-state index contributed by atoms with van der Waals surface area (Å²) >= 11 is 0. The maximum atomic E-state index is 10.8. The Morgan fingerprint density at radius 1 is 1.43 bits per heavy atom. The first-order chi connectivity index (χ1) is 6.75. The van der Waals surface area contributed by atoms with Gasteiger partial charge in [-0.15, -0.1) is 0 Å². The molecule has 1 aromatic rings. The molecule has 4 nitrogen and oxygen atoms in total. The first-order valence-corrected chi connectivity index (χ1v) is 4.08. The van der Waals surface area contributed by atoms with E-state index in [9.17, 15) is 9.59 Å². The lowest BCUT2D eigenvalue weighted by Gasteiger charge is -2.11. The summed E-state index contributed by atoms with van der Waals surface area (Å²) in [6, 6.07) is 8.50. The molecule has 1 atom stereocenters. The predicted molar refractivity (Wildman–Crippen MR) is 48.8 cm³/mol. The molecule has 0 heterocycles. The summed E-state index contributed by atoms with van der Waals surface area (Å²) < 4.78 is 4.87. The average molecular weight is 194 g/mol. The van der Waals surface area contributed by atoms with Gasteiger partial charge in [-0.05, 0) is 5.56 Å². The standard InChI is InChI=1S/C10H10O4/c11-6-7-14-9(10(12)13)8-4-2-1-3-5-8/h1-6,9H,7H2,(H,12,13). The maximum Gasteiger partial charge on any atom is 0.337 e. The number of aldehydes is 1. The van der Waals surface area contributed by atoms with Crippen LogP contribution in [0.15, 0.2) is 30.3 Å². The highest BCUT2D eigenvalue weighted by atomic mass is 16.5. The van der Waals surface area contributed by atoms with Gasteiger partial charge < -0.3 is 14.6 Å². The number of aliphatic carboxylic acids is 1. The van der Waals surface area contributed by atoms with E-state index >= 15 is 0 Å². The van der Waals surface area contributed by atoms with Crippen LogP contribution in [0.25, 0.3) is 0 Å². The Hall–Kier alpha value is -1.68. The zero-order chi connectivity index (χ0) is 10.4. The van der Waals surface area contributed by atoms with Crippen molar-refractivity contribution in [2.45, 2.75) is 6.10 Å². The number of carboxylic acids is 1. The molecule has 1 rings (SSSR count). The van der Waals surface area contributed by atoms with Gasteiger partial charge in [-0.2, -0.15) is 0 Å². The number of carboxylic acid groups (broad SMARTS) is 1. The Morgan fingerprint density at radius 3 is 2.57 bits per heavy atom. The molecular formula is C10H10O4. The highest BCUT2D eigenvalue weighted by Crippen LogP contribution is 2.16. The quantitative estimate of drug-likeness (QED) is 0.711. The van der Waals surface area contributed by atoms with E-state index in [4.69, 9.17) is 9.84 Å². The summed E-state index contributed by atoms with van der Waals surface area (Å²) in [5.41, 5.74) is 0.529. The fourth-order valence-electron chi connectivity index (χ4n) is 1.07. The minimum Gasteiger partial charge on any atom is -0.479 e. The van der Waals surface area contributed by atoms with E-state index in [1.807, 2.05) is 0 Å². The van der Waals surface area contributed by atoms with E-state index in [1.54, 1.807) is 30.3 Å². The first-order valence-electron chi connectivity index (χ1n) is 4.08. The summed E-state index contributed by atoms with van der Waals surface area (Å²) in [6.07, 6.45) is -0.541. The minimum absolute atomic E-state index is 0.216. The lowest BCUT2D eigenvalue weighted by atomic mass is 10.1. The van der Waals surface area contributed by atoms with Crippen LogP contribution < -0.4 is 0 Å². The van der Waals surface area contributed by atoms with Crippen molar-refractivity contribution in [2.24, 2.45) is 0 Å². The maximum absolute atomic E-state index is 10.8. The second-order valence-corrected chi connectivity index (χ2v) is 2.63. The van der Waals surface area contributed by atoms with Gasteiger partial charge in [0.15, 0.2) is 6.10 Å². The average Bonchev–Trinajstić information content (AvgIpc) is 2.19. The molecule has 0 fully saturated rings. The second-order valence-electron chi connectivity index (χ2n) is 2.63. The van der Waals surface area contributed by atoms with Gasteiger partial charge in [-0.1, -0.05) is 30.3 Å². The number of benzene rings is 1. The molecule has 0 aliphatic carbocycles. The number of carbonyl (C=O) groups excluding carboxylic acids is 1. The van der Waals surface area contributed by atoms with Gasteiger partial charge in [-0.25, -0.2) is 4.79 Å². The van der Waals surface area contributed by atoms with Crippen molar-refractivity contribution in [1.82, 2.24) is 0 Å². The van der Waals surface area contributed by atoms with Crippen molar-refractivity contribution in [1.29, 1.82) is 0 Å². The van der Waals surface area contributed by atoms with Gasteiger partial charge >= 0.3 is 5.97 Å². The van der Waals surface area contributed by atoms with Gasteiger partial charge in [-0.3, -0.25) is 0 Å². The number of rotatable bonds is 5. The molecule has 1 unspecified atom stereocenters. The lowest BCUT2D eigenvalue weighted by Crippen LogP contribution is -2.16. The van der Waals surface area contributed by atoms with E-state index in [-0.39, 0.29) is 6.61 Å². The molecule has 1 N–H and O–H groups in total. The van der Waals surface area contributed by atoms with Crippen LogP contribution in [0.4, 0.5) is 0 Å². The molecule has 0 aromatic heterocycles. The van der Waals surface area contributed by atoms with Gasteiger partial charge in [0, 0.05) is 0 Å². The molecule has 14 heavy (non-hydrogen) atoms. The minimum atomic E-state index is -1.10. The van der Waals surface area contributed by atoms with Crippen LogP contribution in [-0.4, -0.2) is 24.0 Å². The molecule has 0 bridgehead atoms. The summed E-state index contributed by atoms with van der Waals surface area (Å²) in [7, 11) is 0. The molecule has 74 valence electrons. The number of hydrogen-bond donors (Lipinski definition) is 1. The Labute approximate surface area is 81.1 Å². The zero-order valence-corrected chi connectivity index (χ0v) is 7.42. The van der Waals surface area contributed by atoms with Crippen molar-refractivity contribution < 1.29 is 19.4 Å². The van der Waals surface area contributed by atoms with Gasteiger partial charge in [0.05, 0.1) is 0 Å². The number of carbonyl (C=O) groups is 2. The van der Waals surface area contributed by atoms with Crippen molar-refractivity contribution >= 4 is 12.3 Å². The highest BCUT2D eigenvalue weighted by molar-refractivity contribution is 5.74. The van der Waals surface area contributed by atoms with Gasteiger partial charge in [0.2, 0.25) is 0 Å². The van der Waals surface area contributed by atoms with Crippen LogP contribution in [0.3, 0.4) is 0 Å².